The van der Waals surface area contributed by atoms with Gasteiger partial charge in [0, 0.05) is 53.7 Å². The predicted octanol–water partition coefficient (Wildman–Crippen LogP) is 14.6. The van der Waals surface area contributed by atoms with Gasteiger partial charge in [0.25, 0.3) is 0 Å². The summed E-state index contributed by atoms with van der Waals surface area (Å²) in [6.45, 7) is 0. The van der Waals surface area contributed by atoms with Crippen molar-refractivity contribution >= 4 is 91.9 Å². The van der Waals surface area contributed by atoms with Crippen molar-refractivity contribution in [3.8, 4) is 16.8 Å². The number of benzene rings is 9. The average molecular weight is 693 g/mol. The number of rotatable bonds is 5. The van der Waals surface area contributed by atoms with Crippen molar-refractivity contribution < 1.29 is 0 Å². The molecule has 0 radical (unpaired) electrons. The molecule has 0 saturated carbocycles. The van der Waals surface area contributed by atoms with Crippen molar-refractivity contribution in [2.24, 2.45) is 0 Å². The minimum Gasteiger partial charge on any atom is -0.310 e. The van der Waals surface area contributed by atoms with Gasteiger partial charge >= 0.3 is 0 Å². The van der Waals surface area contributed by atoms with Crippen molar-refractivity contribution in [1.82, 2.24) is 4.57 Å². The van der Waals surface area contributed by atoms with E-state index in [1.54, 1.807) is 0 Å². The third-order valence-electron chi connectivity index (χ3n) is 10.7. The minimum atomic E-state index is 1.11. The van der Waals surface area contributed by atoms with Crippen LogP contribution in [0.25, 0.3) is 80.3 Å². The highest BCUT2D eigenvalue weighted by atomic mass is 32.1. The lowest BCUT2D eigenvalue weighted by molar-refractivity contribution is 1.18. The van der Waals surface area contributed by atoms with Crippen LogP contribution in [0.1, 0.15) is 0 Å². The molecule has 2 nitrogen and oxygen atoms in total. The summed E-state index contributed by atoms with van der Waals surface area (Å²) in [5, 5.41) is 10.1. The Morgan fingerprint density at radius 2 is 0.981 bits per heavy atom. The van der Waals surface area contributed by atoms with Gasteiger partial charge in [-0.2, -0.15) is 0 Å². The molecule has 53 heavy (non-hydrogen) atoms. The van der Waals surface area contributed by atoms with E-state index < -0.39 is 0 Å². The van der Waals surface area contributed by atoms with Crippen LogP contribution in [-0.2, 0) is 0 Å². The van der Waals surface area contributed by atoms with E-state index in [0.717, 1.165) is 22.7 Å². The molecule has 2 aromatic heterocycles. The monoisotopic (exact) mass is 692 g/mol. The van der Waals surface area contributed by atoms with E-state index in [1.807, 2.05) is 11.3 Å². The third kappa shape index (κ3) is 4.86. The quantitative estimate of drug-likeness (QED) is 0.174. The van der Waals surface area contributed by atoms with Gasteiger partial charge in [-0.1, -0.05) is 121 Å². The van der Waals surface area contributed by atoms with Crippen molar-refractivity contribution in [2.75, 3.05) is 4.90 Å². The third-order valence-corrected chi connectivity index (χ3v) is 11.9. The van der Waals surface area contributed by atoms with E-state index in [0.29, 0.717) is 0 Å². The van der Waals surface area contributed by atoms with E-state index in [-0.39, 0.29) is 0 Å². The van der Waals surface area contributed by atoms with Crippen molar-refractivity contribution in [3.63, 3.8) is 0 Å². The van der Waals surface area contributed by atoms with Crippen LogP contribution in [0.15, 0.2) is 194 Å². The maximum Gasteiger partial charge on any atom is 0.0561 e. The van der Waals surface area contributed by atoms with Crippen LogP contribution in [0.4, 0.5) is 17.1 Å². The zero-order chi connectivity index (χ0) is 34.9. The van der Waals surface area contributed by atoms with Crippen LogP contribution in [0.5, 0.6) is 0 Å². The molecule has 0 aliphatic rings. The molecule has 0 saturated heterocycles. The molecule has 3 heteroatoms. The van der Waals surface area contributed by atoms with Gasteiger partial charge in [0.2, 0.25) is 0 Å². The van der Waals surface area contributed by atoms with Crippen LogP contribution in [-0.4, -0.2) is 4.57 Å². The Morgan fingerprint density at radius 1 is 0.358 bits per heavy atom. The highest BCUT2D eigenvalue weighted by Gasteiger charge is 2.19. The molecule has 0 spiro atoms. The van der Waals surface area contributed by atoms with Gasteiger partial charge in [-0.15, -0.1) is 11.3 Å². The number of anilines is 3. The Kier molecular flexibility index (Phi) is 6.76. The second-order valence-corrected chi connectivity index (χ2v) is 14.9. The van der Waals surface area contributed by atoms with Crippen LogP contribution in [0.3, 0.4) is 0 Å². The maximum atomic E-state index is 2.44. The Hall–Kier alpha value is -6.68. The first kappa shape index (κ1) is 30.0. The maximum absolute atomic E-state index is 2.44. The fourth-order valence-electron chi connectivity index (χ4n) is 8.26. The molecule has 11 aromatic rings. The Morgan fingerprint density at radius 3 is 1.87 bits per heavy atom. The molecule has 248 valence electrons. The normalized spacial score (nSPS) is 11.8. The van der Waals surface area contributed by atoms with Crippen LogP contribution >= 0.6 is 11.3 Å². The van der Waals surface area contributed by atoms with Crippen LogP contribution < -0.4 is 4.90 Å². The van der Waals surface area contributed by atoms with Crippen molar-refractivity contribution in [2.45, 2.75) is 0 Å². The van der Waals surface area contributed by atoms with Gasteiger partial charge in [0.1, 0.15) is 0 Å². The number of hydrogen-bond donors (Lipinski definition) is 0. The summed E-state index contributed by atoms with van der Waals surface area (Å²) in [6.07, 6.45) is 0. The van der Waals surface area contributed by atoms with Gasteiger partial charge in [-0.3, -0.25) is 0 Å². The lowest BCUT2D eigenvalue weighted by Crippen LogP contribution is -2.10. The van der Waals surface area contributed by atoms with Gasteiger partial charge < -0.3 is 9.47 Å². The highest BCUT2D eigenvalue weighted by molar-refractivity contribution is 7.26. The van der Waals surface area contributed by atoms with Gasteiger partial charge in [-0.05, 0) is 105 Å². The summed E-state index contributed by atoms with van der Waals surface area (Å²) in [4.78, 5) is 2.44. The molecule has 0 N–H and O–H groups in total. The molecule has 0 aliphatic carbocycles. The van der Waals surface area contributed by atoms with Crippen molar-refractivity contribution in [3.05, 3.63) is 194 Å². The second kappa shape index (κ2) is 11.9. The van der Waals surface area contributed by atoms with Gasteiger partial charge in [-0.25, -0.2) is 0 Å². The highest BCUT2D eigenvalue weighted by Crippen LogP contribution is 2.44. The zero-order valence-corrected chi connectivity index (χ0v) is 29.6. The Balaban J connectivity index is 1.16. The summed E-state index contributed by atoms with van der Waals surface area (Å²) >= 11 is 1.87. The molecule has 0 atom stereocenters. The van der Waals surface area contributed by atoms with Gasteiger partial charge in [0.15, 0.2) is 0 Å². The number of thiophene rings is 1. The van der Waals surface area contributed by atoms with Gasteiger partial charge in [0.05, 0.1) is 11.0 Å². The van der Waals surface area contributed by atoms with E-state index in [1.165, 1.54) is 74.6 Å². The second-order valence-electron chi connectivity index (χ2n) is 13.8. The molecule has 0 bridgehead atoms. The van der Waals surface area contributed by atoms with E-state index >= 15 is 0 Å². The number of para-hydroxylation sites is 2. The predicted molar refractivity (Wildman–Crippen MR) is 229 cm³/mol. The number of fused-ring (bicyclic) bond motifs is 9. The molecule has 0 aliphatic heterocycles. The van der Waals surface area contributed by atoms with E-state index in [4.69, 9.17) is 0 Å². The average Bonchev–Trinajstić information content (AvgIpc) is 3.77. The van der Waals surface area contributed by atoms with Crippen LogP contribution in [0, 0.1) is 0 Å². The zero-order valence-electron chi connectivity index (χ0n) is 28.8. The Bertz CT molecular complexity index is 3170. The van der Waals surface area contributed by atoms with E-state index in [9.17, 15) is 0 Å². The molecule has 2 heterocycles. The molecule has 11 rings (SSSR count). The largest absolute Gasteiger partial charge is 0.310 e. The summed E-state index contributed by atoms with van der Waals surface area (Å²) < 4.78 is 5.02. The fourth-order valence-corrected chi connectivity index (χ4v) is 9.36. The Labute approximate surface area is 311 Å². The standard InChI is InChI=1S/C50H32N2S/c1-3-11-33(12-4-1)35-19-20-37-30-39(23-21-36(37)29-35)51(40-25-28-48-45(31-40)50-42-16-8-7-13-34(42)22-27-49(50)53-48)41-24-26-44-43-17-9-10-18-46(43)52(47(44)32-41)38-14-5-2-6-15-38/h1-32H. The summed E-state index contributed by atoms with van der Waals surface area (Å²) in [5.74, 6) is 0. The molecule has 0 amide bonds. The SMILES string of the molecule is c1ccc(-c2ccc3cc(N(c4ccc5sc6ccc7ccccc7c6c5c4)c4ccc5c6ccccc6n(-c6ccccc6)c5c4)ccc3c2)cc1. The first-order valence-corrected chi connectivity index (χ1v) is 18.9. The minimum absolute atomic E-state index is 1.11. The molecular weight excluding hydrogens is 661 g/mol. The molecular formula is C50H32N2S. The van der Waals surface area contributed by atoms with Crippen molar-refractivity contribution in [1.29, 1.82) is 0 Å². The lowest BCUT2D eigenvalue weighted by Gasteiger charge is -2.26. The molecule has 0 fully saturated rings. The van der Waals surface area contributed by atoms with E-state index in [2.05, 4.69) is 204 Å². The molecule has 0 unspecified atom stereocenters. The summed E-state index contributed by atoms with van der Waals surface area (Å²) in [6, 6.07) is 71.0. The first-order valence-electron chi connectivity index (χ1n) is 18.1. The lowest BCUT2D eigenvalue weighted by atomic mass is 10.0. The smallest absolute Gasteiger partial charge is 0.0561 e. The fraction of sp³-hybridized carbons (Fsp3) is 0. The number of aromatic nitrogens is 1. The number of nitrogens with zero attached hydrogens (tertiary/aromatic N) is 2. The number of hydrogen-bond acceptors (Lipinski definition) is 2. The molecule has 9 aromatic carbocycles. The summed E-state index contributed by atoms with van der Waals surface area (Å²) in [7, 11) is 0. The summed E-state index contributed by atoms with van der Waals surface area (Å²) in [5.41, 5.74) is 9.36. The van der Waals surface area contributed by atoms with Crippen LogP contribution in [0.2, 0.25) is 0 Å². The topological polar surface area (TPSA) is 8.17 Å². The first-order chi connectivity index (χ1) is 26.3.